The van der Waals surface area contributed by atoms with Crippen LogP contribution in [0.5, 0.6) is 0 Å². The Morgan fingerprint density at radius 1 is 1.32 bits per heavy atom. The second-order valence-electron chi connectivity index (χ2n) is 5.40. The standard InChI is InChI=1S/C15H24N4/c1-15(17,13-16)8-3-4-11-19(2)12-7-14-5-9-18-10-6-14/h5-6,9-10H,3-4,7-8,11-12,17H2,1-2H3. The average molecular weight is 260 g/mol. The molecule has 0 aliphatic heterocycles. The molecule has 2 N–H and O–H groups in total. The normalized spacial score (nSPS) is 14.1. The van der Waals surface area contributed by atoms with Crippen molar-refractivity contribution in [3.05, 3.63) is 30.1 Å². The second-order valence-corrected chi connectivity index (χ2v) is 5.40. The van der Waals surface area contributed by atoms with Gasteiger partial charge in [0, 0.05) is 18.9 Å². The molecule has 1 heterocycles. The van der Waals surface area contributed by atoms with Gasteiger partial charge in [-0.1, -0.05) is 0 Å². The fraction of sp³-hybridized carbons (Fsp3) is 0.600. The first kappa shape index (κ1) is 15.6. The summed E-state index contributed by atoms with van der Waals surface area (Å²) >= 11 is 0. The summed E-state index contributed by atoms with van der Waals surface area (Å²) in [5.41, 5.74) is 6.44. The minimum Gasteiger partial charge on any atom is -0.314 e. The van der Waals surface area contributed by atoms with E-state index in [0.717, 1.165) is 38.8 Å². The van der Waals surface area contributed by atoms with Crippen LogP contribution >= 0.6 is 0 Å². The number of nitrogens with two attached hydrogens (primary N) is 1. The molecule has 4 heteroatoms. The Hall–Kier alpha value is -1.44. The molecule has 104 valence electrons. The van der Waals surface area contributed by atoms with Crippen LogP contribution in [0.15, 0.2) is 24.5 Å². The van der Waals surface area contributed by atoms with E-state index in [1.165, 1.54) is 5.56 Å². The first-order valence-electron chi connectivity index (χ1n) is 6.81. The van der Waals surface area contributed by atoms with E-state index in [2.05, 4.69) is 35.1 Å². The Kier molecular flexibility index (Phi) is 6.48. The average Bonchev–Trinajstić information content (AvgIpc) is 2.42. The Morgan fingerprint density at radius 3 is 2.63 bits per heavy atom. The monoisotopic (exact) mass is 260 g/mol. The van der Waals surface area contributed by atoms with Crippen molar-refractivity contribution in [3.8, 4) is 6.07 Å². The number of hydrogen-bond donors (Lipinski definition) is 1. The topological polar surface area (TPSA) is 65.9 Å². The van der Waals surface area contributed by atoms with Gasteiger partial charge in [0.15, 0.2) is 0 Å². The zero-order chi connectivity index (χ0) is 14.1. The molecule has 0 spiro atoms. The molecule has 0 saturated heterocycles. The maximum Gasteiger partial charge on any atom is 0.101 e. The Bertz CT molecular complexity index is 394. The minimum atomic E-state index is -0.671. The summed E-state index contributed by atoms with van der Waals surface area (Å²) in [5, 5.41) is 8.82. The highest BCUT2D eigenvalue weighted by atomic mass is 15.1. The molecule has 4 nitrogen and oxygen atoms in total. The fourth-order valence-corrected chi connectivity index (χ4v) is 1.91. The van der Waals surface area contributed by atoms with Gasteiger partial charge in [-0.2, -0.15) is 5.26 Å². The molecule has 1 atom stereocenters. The van der Waals surface area contributed by atoms with Crippen molar-refractivity contribution in [2.24, 2.45) is 5.73 Å². The van der Waals surface area contributed by atoms with Gasteiger partial charge in [0.25, 0.3) is 0 Å². The number of nitrogens with zero attached hydrogens (tertiary/aromatic N) is 3. The van der Waals surface area contributed by atoms with E-state index in [9.17, 15) is 0 Å². The van der Waals surface area contributed by atoms with E-state index >= 15 is 0 Å². The fourth-order valence-electron chi connectivity index (χ4n) is 1.91. The molecule has 1 aromatic rings. The Labute approximate surface area is 116 Å². The molecule has 0 aliphatic rings. The molecule has 0 fully saturated rings. The molecule has 1 aromatic heterocycles. The summed E-state index contributed by atoms with van der Waals surface area (Å²) < 4.78 is 0. The van der Waals surface area contributed by atoms with Crippen molar-refractivity contribution in [1.82, 2.24) is 9.88 Å². The first-order valence-corrected chi connectivity index (χ1v) is 6.81. The van der Waals surface area contributed by atoms with Gasteiger partial charge in [-0.25, -0.2) is 0 Å². The minimum absolute atomic E-state index is 0.671. The molecule has 1 rings (SSSR count). The predicted octanol–water partition coefficient (Wildman–Crippen LogP) is 1.97. The van der Waals surface area contributed by atoms with Crippen LogP contribution in [0.2, 0.25) is 0 Å². The van der Waals surface area contributed by atoms with Crippen molar-refractivity contribution in [2.45, 2.75) is 38.1 Å². The third-order valence-electron chi connectivity index (χ3n) is 3.27. The Balaban J connectivity index is 2.12. The molecule has 19 heavy (non-hydrogen) atoms. The molecular formula is C15H24N4. The van der Waals surface area contributed by atoms with E-state index in [0.29, 0.717) is 0 Å². The van der Waals surface area contributed by atoms with Crippen molar-refractivity contribution in [2.75, 3.05) is 20.1 Å². The quantitative estimate of drug-likeness (QED) is 0.726. The lowest BCUT2D eigenvalue weighted by Crippen LogP contribution is -2.34. The van der Waals surface area contributed by atoms with Gasteiger partial charge in [-0.15, -0.1) is 0 Å². The molecular weight excluding hydrogens is 236 g/mol. The van der Waals surface area contributed by atoms with Crippen LogP contribution in [-0.4, -0.2) is 35.6 Å². The van der Waals surface area contributed by atoms with Crippen LogP contribution in [0.25, 0.3) is 0 Å². The first-order chi connectivity index (χ1) is 9.03. The third kappa shape index (κ3) is 6.90. The number of aromatic nitrogens is 1. The zero-order valence-electron chi connectivity index (χ0n) is 12.0. The van der Waals surface area contributed by atoms with E-state index in [1.807, 2.05) is 12.4 Å². The number of rotatable bonds is 8. The maximum absolute atomic E-state index is 8.82. The molecule has 0 aromatic carbocycles. The third-order valence-corrected chi connectivity index (χ3v) is 3.27. The molecule has 0 saturated carbocycles. The number of hydrogen-bond acceptors (Lipinski definition) is 4. The van der Waals surface area contributed by atoms with Gasteiger partial charge in [0.05, 0.1) is 6.07 Å². The summed E-state index contributed by atoms with van der Waals surface area (Å²) in [6.07, 6.45) is 7.56. The van der Waals surface area contributed by atoms with E-state index < -0.39 is 5.54 Å². The van der Waals surface area contributed by atoms with Gasteiger partial charge in [-0.3, -0.25) is 4.98 Å². The number of nitriles is 1. The van der Waals surface area contributed by atoms with Crippen LogP contribution in [-0.2, 0) is 6.42 Å². The van der Waals surface area contributed by atoms with Crippen molar-refractivity contribution in [3.63, 3.8) is 0 Å². The molecule has 0 aliphatic carbocycles. The summed E-state index contributed by atoms with van der Waals surface area (Å²) in [4.78, 5) is 6.33. The van der Waals surface area contributed by atoms with E-state index in [4.69, 9.17) is 11.0 Å². The van der Waals surface area contributed by atoms with Crippen LogP contribution in [0, 0.1) is 11.3 Å². The lowest BCUT2D eigenvalue weighted by Gasteiger charge is -2.18. The summed E-state index contributed by atoms with van der Waals surface area (Å²) in [6, 6.07) is 6.25. The van der Waals surface area contributed by atoms with Gasteiger partial charge in [0.2, 0.25) is 0 Å². The Morgan fingerprint density at radius 2 is 2.00 bits per heavy atom. The highest BCUT2D eigenvalue weighted by Crippen LogP contribution is 2.09. The van der Waals surface area contributed by atoms with Crippen molar-refractivity contribution >= 4 is 0 Å². The highest BCUT2D eigenvalue weighted by molar-refractivity contribution is 5.09. The lowest BCUT2D eigenvalue weighted by atomic mass is 9.98. The summed E-state index contributed by atoms with van der Waals surface area (Å²) in [5.74, 6) is 0. The van der Waals surface area contributed by atoms with Gasteiger partial charge in [0.1, 0.15) is 5.54 Å². The van der Waals surface area contributed by atoms with Gasteiger partial charge >= 0.3 is 0 Å². The van der Waals surface area contributed by atoms with Gasteiger partial charge < -0.3 is 10.6 Å². The highest BCUT2D eigenvalue weighted by Gasteiger charge is 2.15. The summed E-state index contributed by atoms with van der Waals surface area (Å²) in [7, 11) is 2.13. The molecule has 0 radical (unpaired) electrons. The molecule has 0 amide bonds. The molecule has 1 unspecified atom stereocenters. The van der Waals surface area contributed by atoms with Crippen LogP contribution in [0.1, 0.15) is 31.7 Å². The van der Waals surface area contributed by atoms with Gasteiger partial charge in [-0.05, 0) is 63.9 Å². The number of pyridine rings is 1. The summed E-state index contributed by atoms with van der Waals surface area (Å²) in [6.45, 7) is 3.88. The maximum atomic E-state index is 8.82. The van der Waals surface area contributed by atoms with Crippen LogP contribution < -0.4 is 5.73 Å². The lowest BCUT2D eigenvalue weighted by molar-refractivity contribution is 0.324. The van der Waals surface area contributed by atoms with Crippen LogP contribution in [0.4, 0.5) is 0 Å². The smallest absolute Gasteiger partial charge is 0.101 e. The number of unbranched alkanes of at least 4 members (excludes halogenated alkanes) is 1. The van der Waals surface area contributed by atoms with Crippen molar-refractivity contribution < 1.29 is 0 Å². The van der Waals surface area contributed by atoms with E-state index in [-0.39, 0.29) is 0 Å². The SMILES string of the molecule is CN(CCCCC(C)(N)C#N)CCc1ccncc1. The number of likely N-dealkylation sites (N-methyl/N-ethyl adjacent to an activating group) is 1. The largest absolute Gasteiger partial charge is 0.314 e. The molecule has 0 bridgehead atoms. The zero-order valence-corrected chi connectivity index (χ0v) is 12.0. The van der Waals surface area contributed by atoms with Crippen LogP contribution in [0.3, 0.4) is 0 Å². The van der Waals surface area contributed by atoms with Crippen molar-refractivity contribution in [1.29, 1.82) is 5.26 Å². The van der Waals surface area contributed by atoms with E-state index in [1.54, 1.807) is 6.92 Å². The predicted molar refractivity (Wildman–Crippen MR) is 77.5 cm³/mol. The second kappa shape index (κ2) is 7.88.